The van der Waals surface area contributed by atoms with Crippen molar-refractivity contribution in [3.05, 3.63) is 34.9 Å². The lowest BCUT2D eigenvalue weighted by molar-refractivity contribution is 0.209. The number of aliphatic hydroxyl groups excluding tert-OH is 1. The van der Waals surface area contributed by atoms with Crippen LogP contribution < -0.4 is 4.90 Å². The van der Waals surface area contributed by atoms with Crippen LogP contribution in [-0.4, -0.2) is 29.8 Å². The van der Waals surface area contributed by atoms with Gasteiger partial charge in [-0.2, -0.15) is 0 Å². The number of pyridine rings is 1. The topological polar surface area (TPSA) is 36.4 Å². The quantitative estimate of drug-likeness (QED) is 0.923. The molecular formula is C15H17BrN2O. The summed E-state index contributed by atoms with van der Waals surface area (Å²) in [5.74, 6) is 0.396. The molecule has 3 rings (SSSR count). The molecule has 0 spiro atoms. The Bertz CT molecular complexity index is 587. The average molecular weight is 321 g/mol. The van der Waals surface area contributed by atoms with Gasteiger partial charge in [-0.3, -0.25) is 4.98 Å². The fraction of sp³-hybridized carbons (Fsp3) is 0.400. The summed E-state index contributed by atoms with van der Waals surface area (Å²) >= 11 is 3.49. The summed E-state index contributed by atoms with van der Waals surface area (Å²) in [7, 11) is 0. The van der Waals surface area contributed by atoms with Gasteiger partial charge >= 0.3 is 0 Å². The highest BCUT2D eigenvalue weighted by Gasteiger charge is 2.20. The van der Waals surface area contributed by atoms with E-state index >= 15 is 0 Å². The Balaban J connectivity index is 2.00. The van der Waals surface area contributed by atoms with Crippen LogP contribution >= 0.6 is 15.9 Å². The van der Waals surface area contributed by atoms with Crippen LogP contribution in [0.4, 0.5) is 5.69 Å². The number of rotatable bonds is 2. The molecule has 0 radical (unpaired) electrons. The molecule has 4 heteroatoms. The highest BCUT2D eigenvalue weighted by atomic mass is 79.9. The second-order valence-corrected chi connectivity index (χ2v) is 6.04. The van der Waals surface area contributed by atoms with Crippen LogP contribution in [0, 0.1) is 5.92 Å². The van der Waals surface area contributed by atoms with E-state index in [-0.39, 0.29) is 6.61 Å². The monoisotopic (exact) mass is 320 g/mol. The number of halogens is 1. The van der Waals surface area contributed by atoms with Crippen molar-refractivity contribution in [2.24, 2.45) is 5.92 Å². The van der Waals surface area contributed by atoms with Crippen LogP contribution in [0.5, 0.6) is 0 Å². The van der Waals surface area contributed by atoms with Crippen molar-refractivity contribution in [3.63, 3.8) is 0 Å². The highest BCUT2D eigenvalue weighted by molar-refractivity contribution is 9.10. The minimum Gasteiger partial charge on any atom is -0.396 e. The molecule has 3 nitrogen and oxygen atoms in total. The molecule has 1 atom stereocenters. The van der Waals surface area contributed by atoms with E-state index in [1.54, 1.807) is 0 Å². The van der Waals surface area contributed by atoms with E-state index in [9.17, 15) is 5.11 Å². The Kier molecular flexibility index (Phi) is 3.71. The maximum atomic E-state index is 9.36. The summed E-state index contributed by atoms with van der Waals surface area (Å²) in [4.78, 5) is 6.81. The van der Waals surface area contributed by atoms with Gasteiger partial charge in [0, 0.05) is 41.4 Å². The fourth-order valence-electron chi connectivity index (χ4n) is 2.81. The molecule has 2 heterocycles. The number of piperidine rings is 1. The average Bonchev–Trinajstić information content (AvgIpc) is 2.46. The van der Waals surface area contributed by atoms with Gasteiger partial charge in [0.15, 0.2) is 0 Å². The van der Waals surface area contributed by atoms with Crippen molar-refractivity contribution >= 4 is 32.5 Å². The standard InChI is InChI=1S/C15H17BrN2O/c16-12-3-4-13-14(8-12)17-6-5-15(13)18-7-1-2-11(9-18)10-19/h3-6,8,11,19H,1-2,7,9-10H2. The Labute approximate surface area is 121 Å². The van der Waals surface area contributed by atoms with Crippen LogP contribution in [0.3, 0.4) is 0 Å². The van der Waals surface area contributed by atoms with Crippen LogP contribution in [0.2, 0.25) is 0 Å². The van der Waals surface area contributed by atoms with E-state index in [0.29, 0.717) is 5.92 Å². The van der Waals surface area contributed by atoms with Crippen LogP contribution in [0.1, 0.15) is 12.8 Å². The molecule has 1 aromatic carbocycles. The molecule has 19 heavy (non-hydrogen) atoms. The molecule has 1 N–H and O–H groups in total. The summed E-state index contributed by atoms with van der Waals surface area (Å²) in [6, 6.07) is 8.30. The maximum Gasteiger partial charge on any atom is 0.0734 e. The third-order valence-electron chi connectivity index (χ3n) is 3.80. The molecule has 1 saturated heterocycles. The molecule has 1 unspecified atom stereocenters. The smallest absolute Gasteiger partial charge is 0.0734 e. The second-order valence-electron chi connectivity index (χ2n) is 5.13. The number of aliphatic hydroxyl groups is 1. The predicted octanol–water partition coefficient (Wildman–Crippen LogP) is 3.21. The van der Waals surface area contributed by atoms with E-state index in [1.165, 1.54) is 11.1 Å². The van der Waals surface area contributed by atoms with E-state index in [1.807, 2.05) is 12.3 Å². The van der Waals surface area contributed by atoms with Crippen molar-refractivity contribution in [2.45, 2.75) is 12.8 Å². The molecule has 0 bridgehead atoms. The summed E-state index contributed by atoms with van der Waals surface area (Å²) in [5, 5.41) is 10.5. The van der Waals surface area contributed by atoms with Gasteiger partial charge in [0.1, 0.15) is 0 Å². The lowest BCUT2D eigenvalue weighted by atomic mass is 9.98. The molecule has 1 aromatic heterocycles. The lowest BCUT2D eigenvalue weighted by Gasteiger charge is -2.34. The normalized spacial score (nSPS) is 19.9. The third kappa shape index (κ3) is 2.60. The van der Waals surface area contributed by atoms with Gasteiger partial charge in [0.2, 0.25) is 0 Å². The minimum absolute atomic E-state index is 0.283. The maximum absolute atomic E-state index is 9.36. The third-order valence-corrected chi connectivity index (χ3v) is 4.29. The summed E-state index contributed by atoms with van der Waals surface area (Å²) in [5.41, 5.74) is 2.24. The van der Waals surface area contributed by atoms with Gasteiger partial charge < -0.3 is 10.0 Å². The predicted molar refractivity (Wildman–Crippen MR) is 81.5 cm³/mol. The van der Waals surface area contributed by atoms with Crippen LogP contribution in [0.25, 0.3) is 10.9 Å². The first kappa shape index (κ1) is 12.9. The first-order valence-corrected chi connectivity index (χ1v) is 7.47. The van der Waals surface area contributed by atoms with Crippen molar-refractivity contribution in [1.82, 2.24) is 4.98 Å². The summed E-state index contributed by atoms with van der Waals surface area (Å²) in [6.45, 7) is 2.28. The molecule has 2 aromatic rings. The molecule has 0 aliphatic carbocycles. The second kappa shape index (κ2) is 5.47. The van der Waals surface area contributed by atoms with Crippen molar-refractivity contribution in [2.75, 3.05) is 24.6 Å². The van der Waals surface area contributed by atoms with Gasteiger partial charge in [-0.05, 0) is 43.0 Å². The van der Waals surface area contributed by atoms with Crippen LogP contribution in [0.15, 0.2) is 34.9 Å². The van der Waals surface area contributed by atoms with Crippen molar-refractivity contribution in [3.8, 4) is 0 Å². The van der Waals surface area contributed by atoms with E-state index in [4.69, 9.17) is 0 Å². The first-order valence-electron chi connectivity index (χ1n) is 6.68. The Morgan fingerprint density at radius 2 is 2.26 bits per heavy atom. The number of anilines is 1. The van der Waals surface area contributed by atoms with E-state index in [2.05, 4.69) is 44.0 Å². The van der Waals surface area contributed by atoms with Gasteiger partial charge in [0.05, 0.1) is 5.52 Å². The molecule has 100 valence electrons. The molecule has 1 fully saturated rings. The number of benzene rings is 1. The zero-order valence-corrected chi connectivity index (χ0v) is 12.3. The first-order chi connectivity index (χ1) is 9.28. The van der Waals surface area contributed by atoms with Crippen molar-refractivity contribution in [1.29, 1.82) is 0 Å². The number of hydrogen-bond acceptors (Lipinski definition) is 3. The molecular weight excluding hydrogens is 304 g/mol. The highest BCUT2D eigenvalue weighted by Crippen LogP contribution is 2.30. The number of fused-ring (bicyclic) bond motifs is 1. The molecule has 1 aliphatic heterocycles. The minimum atomic E-state index is 0.283. The van der Waals surface area contributed by atoms with E-state index in [0.717, 1.165) is 35.9 Å². The summed E-state index contributed by atoms with van der Waals surface area (Å²) in [6.07, 6.45) is 4.14. The Morgan fingerprint density at radius 1 is 1.37 bits per heavy atom. The fourth-order valence-corrected chi connectivity index (χ4v) is 3.16. The van der Waals surface area contributed by atoms with Crippen LogP contribution in [-0.2, 0) is 0 Å². The SMILES string of the molecule is OCC1CCCN(c2ccnc3cc(Br)ccc23)C1. The van der Waals surface area contributed by atoms with Gasteiger partial charge in [-0.1, -0.05) is 15.9 Å². The number of hydrogen-bond donors (Lipinski definition) is 1. The largest absolute Gasteiger partial charge is 0.396 e. The Morgan fingerprint density at radius 3 is 3.11 bits per heavy atom. The van der Waals surface area contributed by atoms with Gasteiger partial charge in [-0.15, -0.1) is 0 Å². The van der Waals surface area contributed by atoms with Gasteiger partial charge in [0.25, 0.3) is 0 Å². The Hall–Kier alpha value is -1.13. The molecule has 0 saturated carbocycles. The molecule has 1 aliphatic rings. The zero-order valence-electron chi connectivity index (χ0n) is 10.7. The van der Waals surface area contributed by atoms with E-state index < -0.39 is 0 Å². The number of aromatic nitrogens is 1. The zero-order chi connectivity index (χ0) is 13.2. The summed E-state index contributed by atoms with van der Waals surface area (Å²) < 4.78 is 1.05. The lowest BCUT2D eigenvalue weighted by Crippen LogP contribution is -2.36. The molecule has 0 amide bonds. The number of nitrogens with zero attached hydrogens (tertiary/aromatic N) is 2. The van der Waals surface area contributed by atoms with Gasteiger partial charge in [-0.25, -0.2) is 0 Å². The van der Waals surface area contributed by atoms with Crippen molar-refractivity contribution < 1.29 is 5.11 Å².